The Morgan fingerprint density at radius 1 is 0.538 bits per heavy atom. The van der Waals surface area contributed by atoms with Gasteiger partial charge in [0, 0.05) is 35.5 Å². The molecular formula is C14H28N6O6. The summed E-state index contributed by atoms with van der Waals surface area (Å²) >= 11 is 0. The highest BCUT2D eigenvalue weighted by Gasteiger charge is 2.20. The van der Waals surface area contributed by atoms with Gasteiger partial charge in [-0.1, -0.05) is 0 Å². The van der Waals surface area contributed by atoms with Crippen molar-refractivity contribution in [1.29, 1.82) is 0 Å². The normalized spacial score (nSPS) is 10.8. The Hall–Kier alpha value is -1.83. The summed E-state index contributed by atoms with van der Waals surface area (Å²) in [6.45, 7) is 1.03. The molecule has 1 heterocycles. The van der Waals surface area contributed by atoms with Gasteiger partial charge in [-0.3, -0.25) is 14.6 Å². The third-order valence-electron chi connectivity index (χ3n) is 3.00. The number of hydrogen-bond acceptors (Lipinski definition) is 12. The molecule has 0 atom stereocenters. The van der Waals surface area contributed by atoms with E-state index in [9.17, 15) is 0 Å². The molecule has 26 heavy (non-hydrogen) atoms. The van der Waals surface area contributed by atoms with E-state index in [1.165, 1.54) is 12.2 Å². The molecule has 12 nitrogen and oxygen atoms in total. The molecule has 0 saturated heterocycles. The molecule has 0 aliphatic carbocycles. The van der Waals surface area contributed by atoms with Crippen LogP contribution in [0.4, 0.5) is 17.8 Å². The molecule has 0 unspecified atom stereocenters. The highest BCUT2D eigenvalue weighted by atomic mass is 16.7. The Labute approximate surface area is 153 Å². The summed E-state index contributed by atoms with van der Waals surface area (Å²) in [5, 5.41) is 1.38. The fraction of sp³-hybridized carbons (Fsp3) is 0.786. The minimum absolute atomic E-state index is 0.127. The fourth-order valence-electron chi connectivity index (χ4n) is 1.98. The lowest BCUT2D eigenvalue weighted by Gasteiger charge is -2.26. The molecule has 0 saturated carbocycles. The van der Waals surface area contributed by atoms with Crippen LogP contribution < -0.4 is 14.9 Å². The van der Waals surface area contributed by atoms with Crippen molar-refractivity contribution >= 4 is 17.8 Å². The maximum absolute atomic E-state index is 5.28. The summed E-state index contributed by atoms with van der Waals surface area (Å²) in [5.74, 6) is 0.928. The zero-order chi connectivity index (χ0) is 19.4. The Kier molecular flexibility index (Phi) is 10.7. The summed E-state index contributed by atoms with van der Waals surface area (Å²) in [6.07, 6.45) is 0. The molecule has 1 aromatic rings. The van der Waals surface area contributed by atoms with Gasteiger partial charge in [0.2, 0.25) is 11.9 Å². The van der Waals surface area contributed by atoms with Gasteiger partial charge in [-0.05, 0) is 0 Å². The number of methoxy groups -OCH3 is 5. The number of hydroxylamine groups is 1. The monoisotopic (exact) mass is 376 g/mol. The summed E-state index contributed by atoms with van der Waals surface area (Å²) < 4.78 is 25.9. The standard InChI is InChI=1S/C14H28N6O6/c1-21-7-18(8-22-2)12-15-13(19(9-23-3)10-24-4)17-14(16-12)20(26-6)11-25-5/h7-11H2,1-6H3. The second-order valence-corrected chi connectivity index (χ2v) is 4.97. The van der Waals surface area contributed by atoms with Crippen LogP contribution in [0.5, 0.6) is 0 Å². The largest absolute Gasteiger partial charge is 0.364 e. The predicted molar refractivity (Wildman–Crippen MR) is 93.7 cm³/mol. The van der Waals surface area contributed by atoms with Crippen molar-refractivity contribution in [2.75, 3.05) is 91.2 Å². The zero-order valence-electron chi connectivity index (χ0n) is 16.2. The van der Waals surface area contributed by atoms with E-state index >= 15 is 0 Å². The lowest BCUT2D eigenvalue weighted by molar-refractivity contribution is 0.0705. The van der Waals surface area contributed by atoms with Gasteiger partial charge in [0.25, 0.3) is 5.95 Å². The van der Waals surface area contributed by atoms with Crippen LogP contribution >= 0.6 is 0 Å². The number of nitrogens with zero attached hydrogens (tertiary/aromatic N) is 6. The highest BCUT2D eigenvalue weighted by molar-refractivity contribution is 5.44. The first kappa shape index (κ1) is 22.2. The Morgan fingerprint density at radius 2 is 0.885 bits per heavy atom. The first-order chi connectivity index (χ1) is 12.6. The third kappa shape index (κ3) is 6.48. The minimum Gasteiger partial charge on any atom is -0.364 e. The number of ether oxygens (including phenoxy) is 5. The van der Waals surface area contributed by atoms with Crippen molar-refractivity contribution in [2.45, 2.75) is 0 Å². The topological polar surface area (TPSA) is 104 Å². The van der Waals surface area contributed by atoms with E-state index in [-0.39, 0.29) is 39.6 Å². The molecule has 0 aliphatic rings. The summed E-state index contributed by atoms with van der Waals surface area (Å²) in [6, 6.07) is 0. The van der Waals surface area contributed by atoms with Crippen LogP contribution in [0.15, 0.2) is 0 Å². The van der Waals surface area contributed by atoms with Crippen molar-refractivity contribution in [3.05, 3.63) is 0 Å². The van der Waals surface area contributed by atoms with Crippen LogP contribution in [-0.4, -0.2) is 91.3 Å². The summed E-state index contributed by atoms with van der Waals surface area (Å²) in [5.41, 5.74) is 0. The molecule has 0 amide bonds. The molecule has 0 spiro atoms. The van der Waals surface area contributed by atoms with Gasteiger partial charge in [0.1, 0.15) is 33.7 Å². The van der Waals surface area contributed by atoms with Crippen molar-refractivity contribution in [3.8, 4) is 0 Å². The molecule has 0 N–H and O–H groups in total. The lowest BCUT2D eigenvalue weighted by atomic mass is 10.6. The molecule has 1 aromatic heterocycles. The molecule has 0 radical (unpaired) electrons. The van der Waals surface area contributed by atoms with Crippen LogP contribution in [0.2, 0.25) is 0 Å². The smallest absolute Gasteiger partial charge is 0.258 e. The van der Waals surface area contributed by atoms with E-state index in [0.29, 0.717) is 11.9 Å². The molecule has 150 valence electrons. The van der Waals surface area contributed by atoms with Crippen LogP contribution in [0.25, 0.3) is 0 Å². The Morgan fingerprint density at radius 3 is 1.19 bits per heavy atom. The van der Waals surface area contributed by atoms with Crippen LogP contribution in [0.3, 0.4) is 0 Å². The number of anilines is 3. The minimum atomic E-state index is 0.127. The molecular weight excluding hydrogens is 348 g/mol. The lowest BCUT2D eigenvalue weighted by Crippen LogP contribution is -2.35. The highest BCUT2D eigenvalue weighted by Crippen LogP contribution is 2.19. The fourth-order valence-corrected chi connectivity index (χ4v) is 1.98. The second kappa shape index (κ2) is 12.5. The Balaban J connectivity index is 3.35. The van der Waals surface area contributed by atoms with Gasteiger partial charge in [0.05, 0.1) is 7.11 Å². The van der Waals surface area contributed by atoms with E-state index < -0.39 is 0 Å². The van der Waals surface area contributed by atoms with Crippen molar-refractivity contribution in [2.24, 2.45) is 0 Å². The molecule has 0 fully saturated rings. The Bertz CT molecular complexity index is 465. The molecule has 0 aliphatic heterocycles. The van der Waals surface area contributed by atoms with Crippen molar-refractivity contribution in [1.82, 2.24) is 15.0 Å². The quantitative estimate of drug-likeness (QED) is 0.319. The maximum atomic E-state index is 5.28. The maximum Gasteiger partial charge on any atom is 0.258 e. The van der Waals surface area contributed by atoms with Crippen LogP contribution in [0, 0.1) is 0 Å². The van der Waals surface area contributed by atoms with Crippen LogP contribution in [-0.2, 0) is 28.5 Å². The average Bonchev–Trinajstić information content (AvgIpc) is 2.65. The van der Waals surface area contributed by atoms with Gasteiger partial charge in [0.15, 0.2) is 0 Å². The van der Waals surface area contributed by atoms with Crippen molar-refractivity contribution < 1.29 is 28.5 Å². The van der Waals surface area contributed by atoms with E-state index in [0.717, 1.165) is 0 Å². The van der Waals surface area contributed by atoms with Gasteiger partial charge in [-0.15, -0.1) is 0 Å². The number of aromatic nitrogens is 3. The van der Waals surface area contributed by atoms with E-state index in [1.807, 2.05) is 0 Å². The number of rotatable bonds is 14. The van der Waals surface area contributed by atoms with Gasteiger partial charge in [-0.2, -0.15) is 20.0 Å². The second-order valence-electron chi connectivity index (χ2n) is 4.97. The van der Waals surface area contributed by atoms with Gasteiger partial charge >= 0.3 is 0 Å². The van der Waals surface area contributed by atoms with E-state index in [4.69, 9.17) is 28.5 Å². The molecule has 0 bridgehead atoms. The SMILES string of the molecule is COCN(COC)c1nc(N(COC)COC)nc(N(COC)OC)n1. The number of hydrogen-bond donors (Lipinski definition) is 0. The van der Waals surface area contributed by atoms with E-state index in [1.54, 1.807) is 45.3 Å². The average molecular weight is 376 g/mol. The molecule has 1 rings (SSSR count). The third-order valence-corrected chi connectivity index (χ3v) is 3.00. The summed E-state index contributed by atoms with van der Waals surface area (Å²) in [4.78, 5) is 22.0. The summed E-state index contributed by atoms with van der Waals surface area (Å²) in [7, 11) is 9.31. The predicted octanol–water partition coefficient (Wildman–Crippen LogP) is -0.128. The first-order valence-electron chi connectivity index (χ1n) is 7.67. The van der Waals surface area contributed by atoms with Gasteiger partial charge < -0.3 is 23.7 Å². The zero-order valence-corrected chi connectivity index (χ0v) is 16.2. The molecule has 0 aromatic carbocycles. The van der Waals surface area contributed by atoms with Crippen LogP contribution in [0.1, 0.15) is 0 Å². The van der Waals surface area contributed by atoms with Gasteiger partial charge in [-0.25, -0.2) is 0 Å². The van der Waals surface area contributed by atoms with E-state index in [2.05, 4.69) is 15.0 Å². The van der Waals surface area contributed by atoms with Crippen molar-refractivity contribution in [3.63, 3.8) is 0 Å². The molecule has 12 heteroatoms. The first-order valence-corrected chi connectivity index (χ1v) is 7.67.